The molecule has 130 valence electrons. The van der Waals surface area contributed by atoms with E-state index in [0.29, 0.717) is 16.7 Å². The standard InChI is InChI=1S/C18H16N6O2/c1-10-5-11(2)7-12(6-10)24-19-9-16(23-24)18(26)20-17-14-4-3-13(25)8-15(14)21-22-17/h3-9,25H,1-2H3,(H2,20,21,22,26). The number of anilines is 1. The lowest BCUT2D eigenvalue weighted by Gasteiger charge is -2.03. The Morgan fingerprint density at radius 2 is 1.92 bits per heavy atom. The number of H-pyrrole nitrogens is 1. The molecule has 0 radical (unpaired) electrons. The zero-order chi connectivity index (χ0) is 18.3. The van der Waals surface area contributed by atoms with Gasteiger partial charge in [0, 0.05) is 11.5 Å². The number of aromatic hydroxyl groups is 1. The van der Waals surface area contributed by atoms with Crippen molar-refractivity contribution in [1.29, 1.82) is 0 Å². The maximum absolute atomic E-state index is 12.5. The minimum absolute atomic E-state index is 0.121. The molecule has 26 heavy (non-hydrogen) atoms. The maximum Gasteiger partial charge on any atom is 0.279 e. The highest BCUT2D eigenvalue weighted by atomic mass is 16.3. The third kappa shape index (κ3) is 2.88. The average Bonchev–Trinajstić information content (AvgIpc) is 3.21. The van der Waals surface area contributed by atoms with E-state index in [0.717, 1.165) is 16.8 Å². The summed E-state index contributed by atoms with van der Waals surface area (Å²) in [6, 6.07) is 10.7. The summed E-state index contributed by atoms with van der Waals surface area (Å²) in [5, 5.41) is 28.2. The van der Waals surface area contributed by atoms with Crippen molar-refractivity contribution in [1.82, 2.24) is 25.2 Å². The molecule has 2 heterocycles. The number of nitrogens with one attached hydrogen (secondary N) is 2. The number of nitrogens with zero attached hydrogens (tertiary/aromatic N) is 4. The van der Waals surface area contributed by atoms with Gasteiger partial charge in [-0.3, -0.25) is 9.89 Å². The molecule has 8 nitrogen and oxygen atoms in total. The molecule has 8 heteroatoms. The number of carbonyl (C=O) groups excluding carboxylic acids is 1. The summed E-state index contributed by atoms with van der Waals surface area (Å²) in [6.45, 7) is 3.99. The lowest BCUT2D eigenvalue weighted by molar-refractivity contribution is 0.102. The Morgan fingerprint density at radius 1 is 1.15 bits per heavy atom. The minimum atomic E-state index is -0.415. The highest BCUT2D eigenvalue weighted by Crippen LogP contribution is 2.24. The molecule has 1 amide bonds. The largest absolute Gasteiger partial charge is 0.508 e. The van der Waals surface area contributed by atoms with Crippen LogP contribution in [0.15, 0.2) is 42.6 Å². The van der Waals surface area contributed by atoms with Crippen LogP contribution < -0.4 is 5.32 Å². The molecule has 0 fully saturated rings. The zero-order valence-corrected chi connectivity index (χ0v) is 14.2. The average molecular weight is 348 g/mol. The van der Waals surface area contributed by atoms with E-state index < -0.39 is 5.91 Å². The highest BCUT2D eigenvalue weighted by Gasteiger charge is 2.15. The van der Waals surface area contributed by atoms with Crippen molar-refractivity contribution in [3.8, 4) is 11.4 Å². The molecule has 0 unspecified atom stereocenters. The molecule has 0 aliphatic carbocycles. The molecule has 0 spiro atoms. The zero-order valence-electron chi connectivity index (χ0n) is 14.2. The van der Waals surface area contributed by atoms with Crippen LogP contribution in [0.3, 0.4) is 0 Å². The van der Waals surface area contributed by atoms with E-state index in [1.54, 1.807) is 6.07 Å². The molecular weight excluding hydrogens is 332 g/mol. The van der Waals surface area contributed by atoms with Gasteiger partial charge in [0.25, 0.3) is 5.91 Å². The van der Waals surface area contributed by atoms with Gasteiger partial charge in [-0.15, -0.1) is 5.10 Å². The third-order valence-electron chi connectivity index (χ3n) is 3.94. The van der Waals surface area contributed by atoms with E-state index in [4.69, 9.17) is 0 Å². The lowest BCUT2D eigenvalue weighted by atomic mass is 10.1. The summed E-state index contributed by atoms with van der Waals surface area (Å²) >= 11 is 0. The molecule has 0 saturated carbocycles. The van der Waals surface area contributed by atoms with Crippen LogP contribution in [0.2, 0.25) is 0 Å². The van der Waals surface area contributed by atoms with Gasteiger partial charge in [-0.1, -0.05) is 6.07 Å². The van der Waals surface area contributed by atoms with Gasteiger partial charge in [-0.2, -0.15) is 15.0 Å². The predicted octanol–water partition coefficient (Wildman–Crippen LogP) is 2.72. The van der Waals surface area contributed by atoms with Crippen molar-refractivity contribution >= 4 is 22.6 Å². The first kappa shape index (κ1) is 15.8. The maximum atomic E-state index is 12.5. The number of rotatable bonds is 3. The summed E-state index contributed by atoms with van der Waals surface area (Å²) in [5.74, 6) is 0.0727. The van der Waals surface area contributed by atoms with E-state index >= 15 is 0 Å². The molecule has 3 N–H and O–H groups in total. The van der Waals surface area contributed by atoms with E-state index in [9.17, 15) is 9.90 Å². The fraction of sp³-hybridized carbons (Fsp3) is 0.111. The number of benzene rings is 2. The second-order valence-electron chi connectivity index (χ2n) is 6.12. The summed E-state index contributed by atoms with van der Waals surface area (Å²) < 4.78 is 0. The highest BCUT2D eigenvalue weighted by molar-refractivity contribution is 6.06. The number of hydrogen-bond donors (Lipinski definition) is 3. The Labute approximate surface area is 148 Å². The van der Waals surface area contributed by atoms with Crippen LogP contribution in [0.4, 0.5) is 5.82 Å². The summed E-state index contributed by atoms with van der Waals surface area (Å²) in [4.78, 5) is 13.9. The SMILES string of the molecule is Cc1cc(C)cc(-n2ncc(C(=O)Nc3n[nH]c4cc(O)ccc34)n2)c1. The van der Waals surface area contributed by atoms with Crippen LogP contribution in [0.1, 0.15) is 21.6 Å². The molecule has 4 rings (SSSR count). The fourth-order valence-corrected chi connectivity index (χ4v) is 2.83. The molecular formula is C18H16N6O2. The molecule has 2 aromatic heterocycles. The van der Waals surface area contributed by atoms with E-state index in [2.05, 4.69) is 31.8 Å². The number of phenols is 1. The quantitative estimate of drug-likeness (QED) is 0.527. The number of aryl methyl sites for hydroxylation is 2. The number of aromatic amines is 1. The van der Waals surface area contributed by atoms with Gasteiger partial charge >= 0.3 is 0 Å². The third-order valence-corrected chi connectivity index (χ3v) is 3.94. The predicted molar refractivity (Wildman–Crippen MR) is 96.5 cm³/mol. The normalized spacial score (nSPS) is 11.0. The van der Waals surface area contributed by atoms with E-state index in [1.807, 2.05) is 26.0 Å². The van der Waals surface area contributed by atoms with Crippen LogP contribution in [0, 0.1) is 13.8 Å². The minimum Gasteiger partial charge on any atom is -0.508 e. The molecule has 0 atom stereocenters. The van der Waals surface area contributed by atoms with Gasteiger partial charge in [-0.25, -0.2) is 0 Å². The Morgan fingerprint density at radius 3 is 2.69 bits per heavy atom. The first-order valence-electron chi connectivity index (χ1n) is 7.99. The van der Waals surface area contributed by atoms with Crippen molar-refractivity contribution in [2.75, 3.05) is 5.32 Å². The van der Waals surface area contributed by atoms with Gasteiger partial charge in [0.05, 0.1) is 17.4 Å². The fourth-order valence-electron chi connectivity index (χ4n) is 2.83. The smallest absolute Gasteiger partial charge is 0.279 e. The first-order chi connectivity index (χ1) is 12.5. The molecule has 0 saturated heterocycles. The molecule has 0 aliphatic rings. The van der Waals surface area contributed by atoms with Crippen LogP contribution >= 0.6 is 0 Å². The number of fused-ring (bicyclic) bond motifs is 1. The number of carbonyl (C=O) groups is 1. The van der Waals surface area contributed by atoms with Gasteiger partial charge in [0.2, 0.25) is 0 Å². The van der Waals surface area contributed by atoms with Gasteiger partial charge in [-0.05, 0) is 49.2 Å². The number of hydrogen-bond acceptors (Lipinski definition) is 5. The Hall–Kier alpha value is -3.68. The lowest BCUT2D eigenvalue weighted by Crippen LogP contribution is -2.13. The Kier molecular flexibility index (Phi) is 3.65. The number of aromatic nitrogens is 5. The first-order valence-corrected chi connectivity index (χ1v) is 7.99. The van der Waals surface area contributed by atoms with Crippen LogP contribution in [-0.2, 0) is 0 Å². The second-order valence-corrected chi connectivity index (χ2v) is 6.12. The number of phenolic OH excluding ortho intramolecular Hbond substituents is 1. The van der Waals surface area contributed by atoms with E-state index in [1.165, 1.54) is 23.1 Å². The molecule has 0 bridgehead atoms. The summed E-state index contributed by atoms with van der Waals surface area (Å²) in [6.07, 6.45) is 1.41. The number of amides is 1. The van der Waals surface area contributed by atoms with Gasteiger partial charge in [0.1, 0.15) is 5.75 Å². The Bertz CT molecular complexity index is 1110. The molecule has 4 aromatic rings. The van der Waals surface area contributed by atoms with Crippen molar-refractivity contribution in [2.45, 2.75) is 13.8 Å². The van der Waals surface area contributed by atoms with Crippen LogP contribution in [0.25, 0.3) is 16.6 Å². The monoisotopic (exact) mass is 348 g/mol. The van der Waals surface area contributed by atoms with Crippen LogP contribution in [-0.4, -0.2) is 36.2 Å². The molecule has 0 aliphatic heterocycles. The van der Waals surface area contributed by atoms with Crippen molar-refractivity contribution in [2.24, 2.45) is 0 Å². The van der Waals surface area contributed by atoms with Crippen molar-refractivity contribution in [3.63, 3.8) is 0 Å². The Balaban J connectivity index is 1.60. The second kappa shape index (κ2) is 5.99. The summed E-state index contributed by atoms with van der Waals surface area (Å²) in [7, 11) is 0. The van der Waals surface area contributed by atoms with Crippen LogP contribution in [0.5, 0.6) is 5.75 Å². The van der Waals surface area contributed by atoms with Crippen molar-refractivity contribution in [3.05, 3.63) is 59.4 Å². The van der Waals surface area contributed by atoms with Gasteiger partial charge < -0.3 is 10.4 Å². The topological polar surface area (TPSA) is 109 Å². The van der Waals surface area contributed by atoms with Crippen molar-refractivity contribution < 1.29 is 9.90 Å². The van der Waals surface area contributed by atoms with Gasteiger partial charge in [0.15, 0.2) is 11.5 Å². The molecule has 2 aromatic carbocycles. The summed E-state index contributed by atoms with van der Waals surface area (Å²) in [5.41, 5.74) is 3.78. The van der Waals surface area contributed by atoms with E-state index in [-0.39, 0.29) is 11.4 Å².